The molecule has 0 fully saturated rings. The molecular formula is C50H37N3. The number of allylic oxidation sites excluding steroid dienone is 2. The number of rotatable bonds is 8. The molecule has 0 aliphatic rings. The van der Waals surface area contributed by atoms with Gasteiger partial charge in [-0.25, -0.2) is 4.98 Å². The predicted molar refractivity (Wildman–Crippen MR) is 224 cm³/mol. The van der Waals surface area contributed by atoms with Crippen LogP contribution < -0.4 is 0 Å². The third kappa shape index (κ3) is 5.88. The third-order valence-corrected chi connectivity index (χ3v) is 10.2. The van der Waals surface area contributed by atoms with Crippen LogP contribution in [0.2, 0.25) is 0 Å². The van der Waals surface area contributed by atoms with E-state index in [1.165, 1.54) is 55.2 Å². The zero-order valence-corrected chi connectivity index (χ0v) is 29.5. The Balaban J connectivity index is 0.938. The maximum atomic E-state index is 5.03. The second-order valence-electron chi connectivity index (χ2n) is 13.3. The number of hydrogen-bond acceptors (Lipinski definition) is 1. The second kappa shape index (κ2) is 13.6. The highest BCUT2D eigenvalue weighted by Gasteiger charge is 2.16. The minimum Gasteiger partial charge on any atom is -0.309 e. The van der Waals surface area contributed by atoms with Crippen molar-refractivity contribution in [2.24, 2.45) is 0 Å². The summed E-state index contributed by atoms with van der Waals surface area (Å²) in [6.45, 7) is 5.94. The molecule has 0 spiro atoms. The van der Waals surface area contributed by atoms with Gasteiger partial charge in [-0.2, -0.15) is 0 Å². The molecule has 2 aromatic heterocycles. The standard InChI is InChI=1S/C50H37N3/c1-3-4-16-47-35(2)52(43-12-6-5-7-13-43)50(51-47)42-29-27-40(28-30-42)38-21-19-36(20-22-38)37-23-25-39(26-24-37)41-31-33-44(34-32-41)53-48-17-10-8-14-45(48)46-15-9-11-18-49(46)53/h3-34H,1H2,2H3/b16-4-. The average Bonchev–Trinajstić information content (AvgIpc) is 3.75. The quantitative estimate of drug-likeness (QED) is 0.147. The van der Waals surface area contributed by atoms with Crippen molar-refractivity contribution in [3.63, 3.8) is 0 Å². The Labute approximate surface area is 310 Å². The van der Waals surface area contributed by atoms with Crippen LogP contribution in [-0.2, 0) is 0 Å². The molecule has 53 heavy (non-hydrogen) atoms. The molecule has 0 atom stereocenters. The molecule has 0 N–H and O–H groups in total. The number of para-hydroxylation sites is 3. The molecule has 0 aliphatic carbocycles. The lowest BCUT2D eigenvalue weighted by atomic mass is 9.97. The van der Waals surface area contributed by atoms with Gasteiger partial charge in [0.15, 0.2) is 0 Å². The van der Waals surface area contributed by atoms with E-state index in [-0.39, 0.29) is 0 Å². The van der Waals surface area contributed by atoms with Crippen LogP contribution in [0.1, 0.15) is 11.4 Å². The van der Waals surface area contributed by atoms with Crippen LogP contribution in [0.3, 0.4) is 0 Å². The first-order chi connectivity index (χ1) is 26.2. The first kappa shape index (κ1) is 32.0. The van der Waals surface area contributed by atoms with E-state index in [0.29, 0.717) is 0 Å². The van der Waals surface area contributed by atoms with E-state index in [0.717, 1.165) is 34.2 Å². The Morgan fingerprint density at radius 3 is 1.30 bits per heavy atom. The summed E-state index contributed by atoms with van der Waals surface area (Å²) in [5.41, 5.74) is 14.9. The number of hydrogen-bond donors (Lipinski definition) is 0. The fourth-order valence-corrected chi connectivity index (χ4v) is 7.45. The van der Waals surface area contributed by atoms with E-state index in [9.17, 15) is 0 Å². The summed E-state index contributed by atoms with van der Waals surface area (Å²) in [6, 6.07) is 63.0. The molecular weight excluding hydrogens is 643 g/mol. The van der Waals surface area contributed by atoms with Crippen LogP contribution in [-0.4, -0.2) is 14.1 Å². The molecule has 0 amide bonds. The maximum Gasteiger partial charge on any atom is 0.145 e. The highest BCUT2D eigenvalue weighted by atomic mass is 15.1. The van der Waals surface area contributed by atoms with E-state index in [1.807, 2.05) is 18.2 Å². The molecule has 2 heterocycles. The van der Waals surface area contributed by atoms with E-state index in [4.69, 9.17) is 4.98 Å². The predicted octanol–water partition coefficient (Wildman–Crippen LogP) is 13.1. The van der Waals surface area contributed by atoms with Crippen molar-refractivity contribution in [1.82, 2.24) is 14.1 Å². The Kier molecular flexibility index (Phi) is 8.22. The first-order valence-corrected chi connectivity index (χ1v) is 18.0. The van der Waals surface area contributed by atoms with Gasteiger partial charge in [-0.05, 0) is 82.8 Å². The third-order valence-electron chi connectivity index (χ3n) is 10.2. The summed E-state index contributed by atoms with van der Waals surface area (Å²) in [5.74, 6) is 0.918. The first-order valence-electron chi connectivity index (χ1n) is 18.0. The van der Waals surface area contributed by atoms with Gasteiger partial charge in [0.05, 0.1) is 16.7 Å². The number of aromatic nitrogens is 3. The molecule has 0 aliphatic heterocycles. The SMILES string of the molecule is C=C/C=C\c1nc(-c2ccc(-c3ccc(-c4ccc(-c5ccc(-n6c7ccccc7c7ccccc76)cc5)cc4)cc3)cc2)n(-c2ccccc2)c1C. The fraction of sp³-hybridized carbons (Fsp3) is 0.0200. The molecule has 3 nitrogen and oxygen atoms in total. The summed E-state index contributed by atoms with van der Waals surface area (Å²) in [4.78, 5) is 5.03. The van der Waals surface area contributed by atoms with Crippen molar-refractivity contribution in [3.05, 3.63) is 206 Å². The largest absolute Gasteiger partial charge is 0.309 e. The van der Waals surface area contributed by atoms with Crippen molar-refractivity contribution < 1.29 is 0 Å². The van der Waals surface area contributed by atoms with Gasteiger partial charge in [0.25, 0.3) is 0 Å². The number of benzene rings is 7. The maximum absolute atomic E-state index is 5.03. The van der Waals surface area contributed by atoms with Crippen LogP contribution in [0.4, 0.5) is 0 Å². The fourth-order valence-electron chi connectivity index (χ4n) is 7.45. The lowest BCUT2D eigenvalue weighted by Crippen LogP contribution is -1.99. The topological polar surface area (TPSA) is 22.8 Å². The summed E-state index contributed by atoms with van der Waals surface area (Å²) in [5, 5.41) is 2.55. The van der Waals surface area contributed by atoms with Crippen molar-refractivity contribution in [3.8, 4) is 56.1 Å². The smallest absolute Gasteiger partial charge is 0.145 e. The van der Waals surface area contributed by atoms with Crippen molar-refractivity contribution in [2.45, 2.75) is 6.92 Å². The Morgan fingerprint density at radius 1 is 0.434 bits per heavy atom. The molecule has 252 valence electrons. The molecule has 0 unspecified atom stereocenters. The average molecular weight is 680 g/mol. The van der Waals surface area contributed by atoms with Gasteiger partial charge in [0.1, 0.15) is 5.82 Å². The molecule has 3 heteroatoms. The zero-order chi connectivity index (χ0) is 35.7. The molecule has 0 bridgehead atoms. The van der Waals surface area contributed by atoms with E-state index >= 15 is 0 Å². The van der Waals surface area contributed by atoms with Crippen LogP contribution in [0.15, 0.2) is 195 Å². The van der Waals surface area contributed by atoms with Crippen LogP contribution >= 0.6 is 0 Å². The van der Waals surface area contributed by atoms with Crippen LogP contribution in [0.5, 0.6) is 0 Å². The molecule has 0 saturated carbocycles. The molecule has 0 saturated heterocycles. The van der Waals surface area contributed by atoms with Crippen LogP contribution in [0.25, 0.3) is 84.0 Å². The minimum absolute atomic E-state index is 0.918. The Morgan fingerprint density at radius 2 is 0.830 bits per heavy atom. The number of imidazole rings is 1. The molecule has 9 rings (SSSR count). The monoisotopic (exact) mass is 679 g/mol. The van der Waals surface area contributed by atoms with Crippen molar-refractivity contribution >= 4 is 27.9 Å². The van der Waals surface area contributed by atoms with Gasteiger partial charge in [0.2, 0.25) is 0 Å². The Bertz CT molecular complexity index is 2690. The van der Waals surface area contributed by atoms with E-state index < -0.39 is 0 Å². The van der Waals surface area contributed by atoms with E-state index in [1.54, 1.807) is 6.08 Å². The summed E-state index contributed by atoms with van der Waals surface area (Å²) >= 11 is 0. The van der Waals surface area contributed by atoms with Gasteiger partial charge >= 0.3 is 0 Å². The summed E-state index contributed by atoms with van der Waals surface area (Å²) in [6.07, 6.45) is 5.73. The molecule has 9 aromatic rings. The number of nitrogens with zero attached hydrogens (tertiary/aromatic N) is 3. The van der Waals surface area contributed by atoms with E-state index in [2.05, 4.69) is 192 Å². The summed E-state index contributed by atoms with van der Waals surface area (Å²) in [7, 11) is 0. The van der Waals surface area contributed by atoms with Gasteiger partial charge in [0, 0.05) is 33.4 Å². The molecule has 0 radical (unpaired) electrons. The lowest BCUT2D eigenvalue weighted by molar-refractivity contribution is 1.01. The number of fused-ring (bicyclic) bond motifs is 3. The normalized spacial score (nSPS) is 11.5. The highest BCUT2D eigenvalue weighted by molar-refractivity contribution is 6.09. The van der Waals surface area contributed by atoms with Crippen molar-refractivity contribution in [2.75, 3.05) is 0 Å². The molecule has 7 aromatic carbocycles. The van der Waals surface area contributed by atoms with Gasteiger partial charge < -0.3 is 4.57 Å². The highest BCUT2D eigenvalue weighted by Crippen LogP contribution is 2.34. The zero-order valence-electron chi connectivity index (χ0n) is 29.5. The lowest BCUT2D eigenvalue weighted by Gasteiger charge is -2.11. The second-order valence-corrected chi connectivity index (χ2v) is 13.3. The minimum atomic E-state index is 0.918. The van der Waals surface area contributed by atoms with Crippen molar-refractivity contribution in [1.29, 1.82) is 0 Å². The van der Waals surface area contributed by atoms with Gasteiger partial charge in [-0.15, -0.1) is 0 Å². The Hall–Kier alpha value is -6.97. The van der Waals surface area contributed by atoms with Gasteiger partial charge in [-0.3, -0.25) is 4.57 Å². The summed E-state index contributed by atoms with van der Waals surface area (Å²) < 4.78 is 4.58. The van der Waals surface area contributed by atoms with Gasteiger partial charge in [-0.1, -0.05) is 158 Å². The van der Waals surface area contributed by atoms with Crippen LogP contribution in [0, 0.1) is 6.92 Å².